The molecule has 0 aliphatic heterocycles. The monoisotopic (exact) mass is 216 g/mol. The van der Waals surface area contributed by atoms with Crippen LogP contribution in [-0.4, -0.2) is 19.3 Å². The van der Waals surface area contributed by atoms with Crippen molar-refractivity contribution >= 4 is 11.6 Å². The Morgan fingerprint density at radius 1 is 1.29 bits per heavy atom. The van der Waals surface area contributed by atoms with E-state index in [-0.39, 0.29) is 6.61 Å². The summed E-state index contributed by atoms with van der Waals surface area (Å²) in [6.45, 7) is 1.76. The molecule has 1 aromatic rings. The lowest BCUT2D eigenvalue weighted by Gasteiger charge is -2.14. The molecule has 1 aromatic carbocycles. The molecule has 0 atom stereocenters. The second-order valence-corrected chi connectivity index (χ2v) is 3.27. The molecular formula is C10H13ClO3. The maximum Gasteiger partial charge on any atom is 0.146 e. The highest BCUT2D eigenvalue weighted by atomic mass is 35.5. The summed E-state index contributed by atoms with van der Waals surface area (Å²) < 4.78 is 10.2. The van der Waals surface area contributed by atoms with Crippen LogP contribution in [0.2, 0.25) is 5.02 Å². The van der Waals surface area contributed by atoms with Crippen molar-refractivity contribution in [3.8, 4) is 11.5 Å². The van der Waals surface area contributed by atoms with Crippen LogP contribution in [0, 0.1) is 6.92 Å². The summed E-state index contributed by atoms with van der Waals surface area (Å²) >= 11 is 6.04. The third kappa shape index (κ3) is 1.79. The number of methoxy groups -OCH3 is 2. The maximum atomic E-state index is 9.08. The number of halogens is 1. The van der Waals surface area contributed by atoms with E-state index in [1.165, 1.54) is 7.11 Å². The molecule has 0 spiro atoms. The summed E-state index contributed by atoms with van der Waals surface area (Å²) in [6.07, 6.45) is 0. The predicted molar refractivity (Wildman–Crippen MR) is 55.2 cm³/mol. The van der Waals surface area contributed by atoms with Gasteiger partial charge in [0.2, 0.25) is 0 Å². The average Bonchev–Trinajstić information content (AvgIpc) is 2.17. The van der Waals surface area contributed by atoms with Crippen LogP contribution in [0.15, 0.2) is 6.07 Å². The van der Waals surface area contributed by atoms with E-state index < -0.39 is 0 Å². The van der Waals surface area contributed by atoms with Gasteiger partial charge in [0.05, 0.1) is 20.8 Å². The molecular weight excluding hydrogens is 204 g/mol. The van der Waals surface area contributed by atoms with Crippen molar-refractivity contribution in [3.63, 3.8) is 0 Å². The van der Waals surface area contributed by atoms with E-state index in [2.05, 4.69) is 0 Å². The van der Waals surface area contributed by atoms with Gasteiger partial charge >= 0.3 is 0 Å². The van der Waals surface area contributed by atoms with Crippen LogP contribution in [0.5, 0.6) is 11.5 Å². The minimum atomic E-state index is -0.103. The van der Waals surface area contributed by atoms with E-state index in [0.717, 1.165) is 5.56 Å². The number of hydrogen-bond donors (Lipinski definition) is 1. The van der Waals surface area contributed by atoms with Gasteiger partial charge in [-0.3, -0.25) is 0 Å². The quantitative estimate of drug-likeness (QED) is 0.842. The Morgan fingerprint density at radius 3 is 2.29 bits per heavy atom. The summed E-state index contributed by atoms with van der Waals surface area (Å²) in [4.78, 5) is 0. The molecule has 0 saturated heterocycles. The molecule has 3 nitrogen and oxygen atoms in total. The summed E-state index contributed by atoms with van der Waals surface area (Å²) in [5, 5.41) is 9.48. The highest BCUT2D eigenvalue weighted by molar-refractivity contribution is 6.33. The Hall–Kier alpha value is -0.930. The van der Waals surface area contributed by atoms with Gasteiger partial charge < -0.3 is 14.6 Å². The van der Waals surface area contributed by atoms with Crippen molar-refractivity contribution < 1.29 is 14.6 Å². The SMILES string of the molecule is COc1c(C)cc(CO)c(OC)c1Cl. The van der Waals surface area contributed by atoms with E-state index in [4.69, 9.17) is 26.2 Å². The molecule has 0 radical (unpaired) electrons. The molecule has 0 fully saturated rings. The standard InChI is InChI=1S/C10H13ClO3/c1-6-4-7(5-12)10(14-3)8(11)9(6)13-2/h4,12H,5H2,1-3H3. The smallest absolute Gasteiger partial charge is 0.146 e. The molecule has 0 aromatic heterocycles. The van der Waals surface area contributed by atoms with Crippen molar-refractivity contribution in [1.29, 1.82) is 0 Å². The largest absolute Gasteiger partial charge is 0.495 e. The number of aliphatic hydroxyl groups is 1. The van der Waals surface area contributed by atoms with Gasteiger partial charge in [-0.25, -0.2) is 0 Å². The zero-order chi connectivity index (χ0) is 10.7. The first-order valence-electron chi connectivity index (χ1n) is 4.16. The topological polar surface area (TPSA) is 38.7 Å². The van der Waals surface area contributed by atoms with Gasteiger partial charge in [0.25, 0.3) is 0 Å². The molecule has 0 aliphatic carbocycles. The lowest BCUT2D eigenvalue weighted by atomic mass is 10.1. The number of aliphatic hydroxyl groups excluding tert-OH is 1. The van der Waals surface area contributed by atoms with Gasteiger partial charge in [-0.15, -0.1) is 0 Å². The molecule has 0 bridgehead atoms. The maximum absolute atomic E-state index is 9.08. The van der Waals surface area contributed by atoms with E-state index in [9.17, 15) is 0 Å². The molecule has 0 amide bonds. The number of rotatable bonds is 3. The van der Waals surface area contributed by atoms with Crippen LogP contribution < -0.4 is 9.47 Å². The first-order valence-corrected chi connectivity index (χ1v) is 4.54. The van der Waals surface area contributed by atoms with Crippen LogP contribution in [0.3, 0.4) is 0 Å². The van der Waals surface area contributed by atoms with Crippen molar-refractivity contribution in [1.82, 2.24) is 0 Å². The van der Waals surface area contributed by atoms with Crippen molar-refractivity contribution in [3.05, 3.63) is 22.2 Å². The molecule has 0 heterocycles. The first kappa shape index (κ1) is 11.1. The van der Waals surface area contributed by atoms with E-state index in [0.29, 0.717) is 22.1 Å². The van der Waals surface area contributed by atoms with Gasteiger partial charge in [-0.2, -0.15) is 0 Å². The second-order valence-electron chi connectivity index (χ2n) is 2.89. The summed E-state index contributed by atoms with van der Waals surface area (Å²) in [5.74, 6) is 1.05. The van der Waals surface area contributed by atoms with Gasteiger partial charge in [0, 0.05) is 5.56 Å². The zero-order valence-electron chi connectivity index (χ0n) is 8.43. The Balaban J connectivity index is 3.39. The molecule has 1 rings (SSSR count). The molecule has 14 heavy (non-hydrogen) atoms. The Kier molecular flexibility index (Phi) is 3.61. The minimum absolute atomic E-state index is 0.103. The lowest BCUT2D eigenvalue weighted by molar-refractivity contribution is 0.273. The normalized spacial score (nSPS) is 10.1. The highest BCUT2D eigenvalue weighted by Gasteiger charge is 2.15. The van der Waals surface area contributed by atoms with Gasteiger partial charge in [0.1, 0.15) is 16.5 Å². The number of ether oxygens (including phenoxy) is 2. The molecule has 0 saturated carbocycles. The van der Waals surface area contributed by atoms with Crippen molar-refractivity contribution in [2.24, 2.45) is 0 Å². The van der Waals surface area contributed by atoms with Crippen molar-refractivity contribution in [2.75, 3.05) is 14.2 Å². The minimum Gasteiger partial charge on any atom is -0.495 e. The van der Waals surface area contributed by atoms with Crippen LogP contribution in [-0.2, 0) is 6.61 Å². The first-order chi connectivity index (χ1) is 6.65. The fourth-order valence-corrected chi connectivity index (χ4v) is 1.82. The number of benzene rings is 1. The number of aryl methyl sites for hydroxylation is 1. The molecule has 4 heteroatoms. The Morgan fingerprint density at radius 2 is 1.86 bits per heavy atom. The summed E-state index contributed by atoms with van der Waals surface area (Å²) in [5.41, 5.74) is 1.54. The third-order valence-electron chi connectivity index (χ3n) is 2.02. The van der Waals surface area contributed by atoms with Gasteiger partial charge in [0.15, 0.2) is 0 Å². The average molecular weight is 217 g/mol. The van der Waals surface area contributed by atoms with Crippen LogP contribution in [0.4, 0.5) is 0 Å². The highest BCUT2D eigenvalue weighted by Crippen LogP contribution is 2.39. The van der Waals surface area contributed by atoms with Crippen molar-refractivity contribution in [2.45, 2.75) is 13.5 Å². The van der Waals surface area contributed by atoms with Crippen LogP contribution in [0.1, 0.15) is 11.1 Å². The number of hydrogen-bond acceptors (Lipinski definition) is 3. The molecule has 0 aliphatic rings. The Labute approximate surface area is 88.2 Å². The fraction of sp³-hybridized carbons (Fsp3) is 0.400. The molecule has 1 N–H and O–H groups in total. The summed E-state index contributed by atoms with van der Waals surface area (Å²) in [7, 11) is 3.06. The fourth-order valence-electron chi connectivity index (χ4n) is 1.40. The van der Waals surface area contributed by atoms with Crippen LogP contribution in [0.25, 0.3) is 0 Å². The predicted octanol–water partition coefficient (Wildman–Crippen LogP) is 2.16. The lowest BCUT2D eigenvalue weighted by Crippen LogP contribution is -1.97. The zero-order valence-corrected chi connectivity index (χ0v) is 9.18. The molecule has 78 valence electrons. The van der Waals surface area contributed by atoms with E-state index in [1.54, 1.807) is 13.2 Å². The van der Waals surface area contributed by atoms with Gasteiger partial charge in [-0.1, -0.05) is 11.6 Å². The van der Waals surface area contributed by atoms with E-state index >= 15 is 0 Å². The Bertz CT molecular complexity index is 337. The van der Waals surface area contributed by atoms with Crippen LogP contribution >= 0.6 is 11.6 Å². The summed E-state index contributed by atoms with van der Waals surface area (Å²) in [6, 6.07) is 1.80. The third-order valence-corrected chi connectivity index (χ3v) is 2.36. The second kappa shape index (κ2) is 4.53. The van der Waals surface area contributed by atoms with Gasteiger partial charge in [-0.05, 0) is 18.6 Å². The van der Waals surface area contributed by atoms with E-state index in [1.807, 2.05) is 6.92 Å². The molecule has 0 unspecified atom stereocenters.